The van der Waals surface area contributed by atoms with Gasteiger partial charge in [0.05, 0.1) is 36.7 Å². The van der Waals surface area contributed by atoms with Gasteiger partial charge in [-0.25, -0.2) is 4.79 Å². The number of quaternary nitrogens is 1. The average Bonchev–Trinajstić information content (AvgIpc) is 2.99. The lowest BCUT2D eigenvalue weighted by molar-refractivity contribution is -0.915. The highest BCUT2D eigenvalue weighted by molar-refractivity contribution is 6.42. The molecule has 3 fully saturated rings. The average molecular weight is 664 g/mol. The number of nitrogens with one attached hydrogen (secondary N) is 2. The maximum absolute atomic E-state index is 12.7. The Bertz CT molecular complexity index is 1090. The summed E-state index contributed by atoms with van der Waals surface area (Å²) in [6.07, 6.45) is 5.55. The van der Waals surface area contributed by atoms with Crippen molar-refractivity contribution in [1.29, 1.82) is 0 Å². The number of hydrogen-bond acceptors (Lipinski definition) is 4. The quantitative estimate of drug-likeness (QED) is 0.182. The molecule has 3 aliphatic rings. The van der Waals surface area contributed by atoms with Crippen LogP contribution in [-0.4, -0.2) is 96.4 Å². The van der Waals surface area contributed by atoms with E-state index >= 15 is 0 Å². The molecule has 0 aromatic heterocycles. The highest BCUT2D eigenvalue weighted by Gasteiger charge is 2.51. The minimum atomic E-state index is -0.764. The fraction of sp³-hybridized carbons (Fsp3) is 0.520. The van der Waals surface area contributed by atoms with Gasteiger partial charge in [-0.3, -0.25) is 19.7 Å². The predicted molar refractivity (Wildman–Crippen MR) is 137 cm³/mol. The Kier molecular flexibility index (Phi) is 9.87. The number of imide groups is 1. The van der Waals surface area contributed by atoms with Crippen molar-refractivity contribution in [2.24, 2.45) is 0 Å². The van der Waals surface area contributed by atoms with E-state index in [0.717, 1.165) is 36.1 Å². The molecule has 4 rings (SSSR count). The van der Waals surface area contributed by atoms with Crippen LogP contribution in [0.15, 0.2) is 24.3 Å². The van der Waals surface area contributed by atoms with E-state index in [1.165, 1.54) is 6.08 Å². The number of piperidine rings is 1. The molecule has 0 saturated carbocycles. The van der Waals surface area contributed by atoms with Gasteiger partial charge in [-0.2, -0.15) is 0 Å². The third-order valence-electron chi connectivity index (χ3n) is 7.56. The maximum Gasteiger partial charge on any atom is 0.322 e. The van der Waals surface area contributed by atoms with Crippen molar-refractivity contribution in [3.63, 3.8) is 0 Å². The molecular weight excluding hydrogens is 632 g/mol. The molecule has 5 amide bonds. The second-order valence-corrected chi connectivity index (χ2v) is 10.9. The van der Waals surface area contributed by atoms with Crippen LogP contribution < -0.4 is 34.6 Å². The van der Waals surface area contributed by atoms with Crippen molar-refractivity contribution in [3.05, 3.63) is 39.9 Å². The van der Waals surface area contributed by atoms with Crippen LogP contribution in [-0.2, 0) is 14.4 Å². The number of urea groups is 1. The van der Waals surface area contributed by atoms with E-state index in [4.69, 9.17) is 23.2 Å². The van der Waals surface area contributed by atoms with Crippen LogP contribution in [0.5, 0.6) is 0 Å². The third-order valence-corrected chi connectivity index (χ3v) is 8.30. The number of halogens is 3. The SMILES string of the molecule is C[N+]1(CCCN2CCN(C(=O)C=Cc3ccc(Cl)c(Cl)c3)CCC2=O)CCC2(CC1)NC(=O)NC2=O.[I-]. The summed E-state index contributed by atoms with van der Waals surface area (Å²) >= 11 is 12.0. The molecular formula is C25H32Cl2IN5O4. The zero-order valence-electron chi connectivity index (χ0n) is 20.8. The molecule has 202 valence electrons. The van der Waals surface area contributed by atoms with Crippen molar-refractivity contribution in [3.8, 4) is 0 Å². The second kappa shape index (κ2) is 12.3. The van der Waals surface area contributed by atoms with Gasteiger partial charge in [-0.1, -0.05) is 29.3 Å². The first kappa shape index (κ1) is 29.7. The Morgan fingerprint density at radius 1 is 1.11 bits per heavy atom. The summed E-state index contributed by atoms with van der Waals surface area (Å²) < 4.78 is 0.803. The monoisotopic (exact) mass is 663 g/mol. The van der Waals surface area contributed by atoms with Gasteiger partial charge in [0.1, 0.15) is 5.54 Å². The molecule has 3 aliphatic heterocycles. The number of amides is 5. The number of carbonyl (C=O) groups is 4. The van der Waals surface area contributed by atoms with E-state index in [1.807, 2.05) is 4.90 Å². The first-order valence-corrected chi connectivity index (χ1v) is 13.0. The largest absolute Gasteiger partial charge is 1.00 e. The van der Waals surface area contributed by atoms with Gasteiger partial charge in [0.15, 0.2) is 0 Å². The Morgan fingerprint density at radius 2 is 1.84 bits per heavy atom. The molecule has 37 heavy (non-hydrogen) atoms. The lowest BCUT2D eigenvalue weighted by Crippen LogP contribution is -3.00. The molecule has 1 aromatic carbocycles. The molecule has 1 spiro atoms. The van der Waals surface area contributed by atoms with Crippen LogP contribution in [0, 0.1) is 0 Å². The highest BCUT2D eigenvalue weighted by atomic mass is 127. The summed E-state index contributed by atoms with van der Waals surface area (Å²) in [5.41, 5.74) is 0.0151. The van der Waals surface area contributed by atoms with E-state index in [0.29, 0.717) is 55.5 Å². The normalized spacial score (nSPS) is 26.2. The number of likely N-dealkylation sites (tertiary alicyclic amines) is 1. The van der Waals surface area contributed by atoms with Crippen LogP contribution in [0.3, 0.4) is 0 Å². The Labute approximate surface area is 244 Å². The molecule has 0 radical (unpaired) electrons. The van der Waals surface area contributed by atoms with Gasteiger partial charge in [0.2, 0.25) is 11.8 Å². The van der Waals surface area contributed by atoms with Gasteiger partial charge >= 0.3 is 6.03 Å². The Morgan fingerprint density at radius 3 is 2.49 bits per heavy atom. The van der Waals surface area contributed by atoms with E-state index < -0.39 is 11.6 Å². The summed E-state index contributed by atoms with van der Waals surface area (Å²) in [6, 6.07) is 4.76. The molecule has 0 aliphatic carbocycles. The number of rotatable bonds is 6. The lowest BCUT2D eigenvalue weighted by Gasteiger charge is -2.43. The van der Waals surface area contributed by atoms with Gasteiger partial charge in [-0.15, -0.1) is 0 Å². The van der Waals surface area contributed by atoms with E-state index in [-0.39, 0.29) is 41.7 Å². The van der Waals surface area contributed by atoms with Crippen molar-refractivity contribution in [2.75, 3.05) is 52.9 Å². The first-order chi connectivity index (χ1) is 17.1. The van der Waals surface area contributed by atoms with Crippen molar-refractivity contribution in [1.82, 2.24) is 20.4 Å². The van der Waals surface area contributed by atoms with Crippen molar-refractivity contribution in [2.45, 2.75) is 31.2 Å². The third kappa shape index (κ3) is 7.15. The lowest BCUT2D eigenvalue weighted by atomic mass is 9.86. The van der Waals surface area contributed by atoms with Crippen LogP contribution in [0.1, 0.15) is 31.2 Å². The molecule has 1 aromatic rings. The minimum Gasteiger partial charge on any atom is -1.00 e. The van der Waals surface area contributed by atoms with Crippen LogP contribution in [0.25, 0.3) is 6.08 Å². The van der Waals surface area contributed by atoms with Crippen LogP contribution >= 0.6 is 23.2 Å². The Balaban J connectivity index is 0.00000380. The van der Waals surface area contributed by atoms with Gasteiger partial charge in [0, 0.05) is 57.9 Å². The topological polar surface area (TPSA) is 98.8 Å². The molecule has 3 saturated heterocycles. The number of hydrogen-bond donors (Lipinski definition) is 2. The summed E-state index contributed by atoms with van der Waals surface area (Å²) in [7, 11) is 2.16. The summed E-state index contributed by atoms with van der Waals surface area (Å²) in [6.45, 7) is 4.47. The Hall–Kier alpha value is -1.89. The molecule has 0 bridgehead atoms. The summed E-state index contributed by atoms with van der Waals surface area (Å²) in [5.74, 6) is -0.303. The zero-order valence-corrected chi connectivity index (χ0v) is 24.4. The van der Waals surface area contributed by atoms with E-state index in [1.54, 1.807) is 29.2 Å². The molecule has 12 heteroatoms. The van der Waals surface area contributed by atoms with Gasteiger partial charge < -0.3 is 43.6 Å². The molecule has 2 N–H and O–H groups in total. The minimum absolute atomic E-state index is 0. The first-order valence-electron chi connectivity index (χ1n) is 12.3. The van der Waals surface area contributed by atoms with Crippen molar-refractivity contribution < 1.29 is 47.6 Å². The van der Waals surface area contributed by atoms with Gasteiger partial charge in [-0.05, 0) is 23.8 Å². The molecule has 9 nitrogen and oxygen atoms in total. The summed E-state index contributed by atoms with van der Waals surface area (Å²) in [4.78, 5) is 52.7. The number of nitrogens with zero attached hydrogens (tertiary/aromatic N) is 3. The zero-order chi connectivity index (χ0) is 25.9. The smallest absolute Gasteiger partial charge is 0.322 e. The molecule has 3 heterocycles. The van der Waals surface area contributed by atoms with Crippen LogP contribution in [0.4, 0.5) is 4.79 Å². The summed E-state index contributed by atoms with van der Waals surface area (Å²) in [5, 5.41) is 6.04. The fourth-order valence-electron chi connectivity index (χ4n) is 5.12. The fourth-order valence-corrected chi connectivity index (χ4v) is 5.42. The van der Waals surface area contributed by atoms with E-state index in [9.17, 15) is 19.2 Å². The second-order valence-electron chi connectivity index (χ2n) is 10.1. The predicted octanol–water partition coefficient (Wildman–Crippen LogP) is -0.720. The number of carbonyl (C=O) groups excluding carboxylic acids is 4. The maximum atomic E-state index is 12.7. The van der Waals surface area contributed by atoms with E-state index in [2.05, 4.69) is 17.7 Å². The molecule has 0 atom stereocenters. The van der Waals surface area contributed by atoms with Gasteiger partial charge in [0.25, 0.3) is 5.91 Å². The van der Waals surface area contributed by atoms with Crippen molar-refractivity contribution >= 4 is 53.0 Å². The number of benzene rings is 1. The highest BCUT2D eigenvalue weighted by Crippen LogP contribution is 2.29. The molecule has 0 unspecified atom stereocenters. The van der Waals surface area contributed by atoms with Crippen LogP contribution in [0.2, 0.25) is 10.0 Å². The standard InChI is InChI=1S/C25H31Cl2N5O4.HI/c1-32(15-8-25(9-16-32)23(35)28-24(36)29-25)14-2-10-30-12-13-31(11-7-22(30)34)21(33)6-4-18-3-5-19(26)20(27)17-18;/h3-6,17H,2,7-16H2,1H3,(H-,28,29,35,36);1H.